The van der Waals surface area contributed by atoms with E-state index < -0.39 is 0 Å². The fourth-order valence-corrected chi connectivity index (χ4v) is 7.98. The fourth-order valence-electron chi connectivity index (χ4n) is 7.98. The molecule has 0 N–H and O–H groups in total. The highest BCUT2D eigenvalue weighted by molar-refractivity contribution is 6.13. The molecule has 0 aliphatic rings. The molecule has 0 aliphatic heterocycles. The SMILES string of the molecule is c1ccc(-c2ccc(N(c3cccc(-c4ccc5ccccc5c4)c3)c3ccc4c(c3)oc3cccc(-c5nc6c(ccc7ccccc76)o5)c34)cc2)cc1. The summed E-state index contributed by atoms with van der Waals surface area (Å²) in [5.41, 5.74) is 11.9. The monoisotopic (exact) mass is 704 g/mol. The van der Waals surface area contributed by atoms with Crippen LogP contribution in [0.2, 0.25) is 0 Å². The number of rotatable bonds is 6. The van der Waals surface area contributed by atoms with E-state index in [1.807, 2.05) is 36.4 Å². The van der Waals surface area contributed by atoms with Crippen LogP contribution in [0.4, 0.5) is 17.1 Å². The number of aromatic nitrogens is 1. The Labute approximate surface area is 317 Å². The van der Waals surface area contributed by atoms with Crippen molar-refractivity contribution in [1.29, 1.82) is 0 Å². The molecule has 0 unspecified atom stereocenters. The molecule has 11 aromatic rings. The van der Waals surface area contributed by atoms with E-state index in [9.17, 15) is 0 Å². The summed E-state index contributed by atoms with van der Waals surface area (Å²) in [6.07, 6.45) is 0. The maximum Gasteiger partial charge on any atom is 0.228 e. The second-order valence-electron chi connectivity index (χ2n) is 14.0. The molecule has 0 atom stereocenters. The molecule has 0 bridgehead atoms. The molecule has 11 rings (SSSR count). The summed E-state index contributed by atoms with van der Waals surface area (Å²) in [7, 11) is 0. The molecule has 4 heteroatoms. The molecule has 258 valence electrons. The van der Waals surface area contributed by atoms with Gasteiger partial charge in [0.1, 0.15) is 16.7 Å². The Hall–Kier alpha value is -7.43. The summed E-state index contributed by atoms with van der Waals surface area (Å²) in [5, 5.41) is 6.65. The first-order chi connectivity index (χ1) is 27.2. The van der Waals surface area contributed by atoms with Crippen molar-refractivity contribution in [1.82, 2.24) is 4.98 Å². The minimum absolute atomic E-state index is 0.578. The molecule has 0 fully saturated rings. The van der Waals surface area contributed by atoms with Gasteiger partial charge in [0.2, 0.25) is 5.89 Å². The van der Waals surface area contributed by atoms with Gasteiger partial charge in [0.15, 0.2) is 5.58 Å². The van der Waals surface area contributed by atoms with E-state index in [1.165, 1.54) is 27.5 Å². The van der Waals surface area contributed by atoms with E-state index >= 15 is 0 Å². The lowest BCUT2D eigenvalue weighted by atomic mass is 10.00. The molecular formula is C51H32N2O2. The number of anilines is 3. The van der Waals surface area contributed by atoms with Gasteiger partial charge in [0, 0.05) is 44.9 Å². The van der Waals surface area contributed by atoms with Crippen LogP contribution in [0.5, 0.6) is 0 Å². The van der Waals surface area contributed by atoms with Crippen LogP contribution < -0.4 is 4.90 Å². The van der Waals surface area contributed by atoms with E-state index in [4.69, 9.17) is 13.8 Å². The van der Waals surface area contributed by atoms with Gasteiger partial charge in [-0.25, -0.2) is 4.98 Å². The van der Waals surface area contributed by atoms with Crippen LogP contribution in [-0.2, 0) is 0 Å². The van der Waals surface area contributed by atoms with Gasteiger partial charge < -0.3 is 13.7 Å². The molecule has 0 radical (unpaired) electrons. The molecule has 2 aromatic heterocycles. The van der Waals surface area contributed by atoms with Crippen LogP contribution in [0, 0.1) is 0 Å². The first kappa shape index (κ1) is 31.1. The number of oxazole rings is 1. The summed E-state index contributed by atoms with van der Waals surface area (Å²) in [6.45, 7) is 0. The van der Waals surface area contributed by atoms with Gasteiger partial charge in [-0.05, 0) is 99.1 Å². The van der Waals surface area contributed by atoms with Crippen LogP contribution in [0.1, 0.15) is 0 Å². The summed E-state index contributed by atoms with van der Waals surface area (Å²) in [4.78, 5) is 7.34. The lowest BCUT2D eigenvalue weighted by molar-refractivity contribution is 0.620. The van der Waals surface area contributed by atoms with Crippen molar-refractivity contribution in [2.75, 3.05) is 4.90 Å². The molecule has 0 aliphatic carbocycles. The third kappa shape index (κ3) is 5.34. The largest absolute Gasteiger partial charge is 0.456 e. The predicted octanol–water partition coefficient (Wildman–Crippen LogP) is 14.5. The topological polar surface area (TPSA) is 42.4 Å². The van der Waals surface area contributed by atoms with Crippen molar-refractivity contribution < 1.29 is 8.83 Å². The molecule has 0 amide bonds. The molecule has 9 aromatic carbocycles. The Balaban J connectivity index is 1.05. The van der Waals surface area contributed by atoms with Crippen molar-refractivity contribution in [2.45, 2.75) is 0 Å². The maximum atomic E-state index is 6.64. The zero-order chi connectivity index (χ0) is 36.3. The van der Waals surface area contributed by atoms with E-state index in [1.54, 1.807) is 0 Å². The molecule has 0 spiro atoms. The lowest BCUT2D eigenvalue weighted by Crippen LogP contribution is -2.10. The highest BCUT2D eigenvalue weighted by Gasteiger charge is 2.20. The normalized spacial score (nSPS) is 11.6. The smallest absolute Gasteiger partial charge is 0.228 e. The van der Waals surface area contributed by atoms with E-state index in [0.717, 1.165) is 72.0 Å². The van der Waals surface area contributed by atoms with Crippen LogP contribution in [0.15, 0.2) is 203 Å². The fraction of sp³-hybridized carbons (Fsp3) is 0. The Bertz CT molecular complexity index is 3210. The Kier molecular flexibility index (Phi) is 7.14. The third-order valence-corrected chi connectivity index (χ3v) is 10.7. The van der Waals surface area contributed by atoms with Crippen LogP contribution in [-0.4, -0.2) is 4.98 Å². The van der Waals surface area contributed by atoms with E-state index in [0.29, 0.717) is 5.89 Å². The summed E-state index contributed by atoms with van der Waals surface area (Å²) in [6, 6.07) is 68.2. The van der Waals surface area contributed by atoms with Crippen molar-refractivity contribution in [2.24, 2.45) is 0 Å². The third-order valence-electron chi connectivity index (χ3n) is 10.7. The molecule has 4 nitrogen and oxygen atoms in total. The molecule has 0 saturated carbocycles. The quantitative estimate of drug-likeness (QED) is 0.173. The highest BCUT2D eigenvalue weighted by atomic mass is 16.3. The van der Waals surface area contributed by atoms with Gasteiger partial charge in [-0.1, -0.05) is 127 Å². The van der Waals surface area contributed by atoms with Crippen LogP contribution in [0.25, 0.3) is 88.3 Å². The first-order valence-corrected chi connectivity index (χ1v) is 18.5. The second kappa shape index (κ2) is 12.6. The second-order valence-corrected chi connectivity index (χ2v) is 14.0. The van der Waals surface area contributed by atoms with Gasteiger partial charge >= 0.3 is 0 Å². The molecule has 2 heterocycles. The Morgan fingerprint density at radius 3 is 1.93 bits per heavy atom. The van der Waals surface area contributed by atoms with Crippen molar-refractivity contribution >= 4 is 71.6 Å². The van der Waals surface area contributed by atoms with Gasteiger partial charge in [-0.3, -0.25) is 0 Å². The van der Waals surface area contributed by atoms with Crippen molar-refractivity contribution in [3.8, 4) is 33.7 Å². The number of fused-ring (bicyclic) bond motifs is 7. The Morgan fingerprint density at radius 1 is 0.364 bits per heavy atom. The molecule has 55 heavy (non-hydrogen) atoms. The zero-order valence-corrected chi connectivity index (χ0v) is 29.7. The van der Waals surface area contributed by atoms with Crippen LogP contribution >= 0.6 is 0 Å². The van der Waals surface area contributed by atoms with Crippen molar-refractivity contribution in [3.05, 3.63) is 194 Å². The number of hydrogen-bond donors (Lipinski definition) is 0. The highest BCUT2D eigenvalue weighted by Crippen LogP contribution is 2.43. The Morgan fingerprint density at radius 2 is 1.04 bits per heavy atom. The standard InChI is InChI=1S/C51H32N2O2/c1-2-10-33(11-3-1)35-22-25-40(26-23-35)53(41-16-8-15-38(31-41)39-21-20-34-12-4-5-14-37(34)30-39)42-27-28-44-48(32-42)54-46-19-9-18-45(49(44)46)51-52-50-43-17-7-6-13-36(43)24-29-47(50)55-51/h1-32H. The number of hydrogen-bond acceptors (Lipinski definition) is 4. The van der Waals surface area contributed by atoms with Crippen molar-refractivity contribution in [3.63, 3.8) is 0 Å². The first-order valence-electron chi connectivity index (χ1n) is 18.5. The van der Waals surface area contributed by atoms with E-state index in [-0.39, 0.29) is 0 Å². The van der Waals surface area contributed by atoms with Gasteiger partial charge in [0.05, 0.1) is 0 Å². The van der Waals surface area contributed by atoms with Gasteiger partial charge in [0.25, 0.3) is 0 Å². The van der Waals surface area contributed by atoms with Crippen LogP contribution in [0.3, 0.4) is 0 Å². The lowest BCUT2D eigenvalue weighted by Gasteiger charge is -2.26. The maximum absolute atomic E-state index is 6.64. The molecule has 0 saturated heterocycles. The summed E-state index contributed by atoms with van der Waals surface area (Å²) in [5.74, 6) is 0.578. The zero-order valence-electron chi connectivity index (χ0n) is 29.7. The minimum atomic E-state index is 0.578. The minimum Gasteiger partial charge on any atom is -0.456 e. The summed E-state index contributed by atoms with van der Waals surface area (Å²) >= 11 is 0. The van der Waals surface area contributed by atoms with Gasteiger partial charge in [-0.15, -0.1) is 0 Å². The average molecular weight is 705 g/mol. The number of furan rings is 1. The van der Waals surface area contributed by atoms with Gasteiger partial charge in [-0.2, -0.15) is 0 Å². The van der Waals surface area contributed by atoms with E-state index in [2.05, 4.69) is 163 Å². The number of benzene rings is 9. The number of nitrogens with zero attached hydrogens (tertiary/aromatic N) is 2. The summed E-state index contributed by atoms with van der Waals surface area (Å²) < 4.78 is 13.1. The average Bonchev–Trinajstić information content (AvgIpc) is 3.86. The predicted molar refractivity (Wildman–Crippen MR) is 227 cm³/mol. The molecular weight excluding hydrogens is 673 g/mol.